The zero-order chi connectivity index (χ0) is 13.3. The molecule has 18 heavy (non-hydrogen) atoms. The maximum atomic E-state index is 6.03. The van der Waals surface area contributed by atoms with Crippen LogP contribution in [0, 0.1) is 0 Å². The van der Waals surface area contributed by atoms with Gasteiger partial charge in [-0.25, -0.2) is 4.98 Å². The van der Waals surface area contributed by atoms with Gasteiger partial charge < -0.3 is 4.57 Å². The number of halogens is 1. The molecule has 6 heteroatoms. The monoisotopic (exact) mass is 286 g/mol. The van der Waals surface area contributed by atoms with E-state index in [1.54, 1.807) is 0 Å². The van der Waals surface area contributed by atoms with Gasteiger partial charge in [0, 0.05) is 18.8 Å². The van der Waals surface area contributed by atoms with E-state index in [1.165, 1.54) is 0 Å². The molecular weight excluding hydrogens is 268 g/mol. The van der Waals surface area contributed by atoms with Crippen molar-refractivity contribution in [2.24, 2.45) is 7.05 Å². The zero-order valence-electron chi connectivity index (χ0n) is 11.3. The van der Waals surface area contributed by atoms with E-state index < -0.39 is 0 Å². The number of hydrogen-bond acceptors (Lipinski definition) is 3. The zero-order valence-corrected chi connectivity index (χ0v) is 12.8. The number of thioether (sulfide) groups is 1. The highest BCUT2D eigenvalue weighted by atomic mass is 35.5. The standard InChI is InChI=1S/C12H19ClN4S/c1-5-9-11-12(16(3)15-9)17(8(2)7-18-4)10(6-13)14-11/h8H,5-7H2,1-4H3. The molecule has 0 aliphatic carbocycles. The van der Waals surface area contributed by atoms with Gasteiger partial charge in [-0.2, -0.15) is 16.9 Å². The van der Waals surface area contributed by atoms with Crippen molar-refractivity contribution in [3.8, 4) is 0 Å². The van der Waals surface area contributed by atoms with Crippen LogP contribution in [0.2, 0.25) is 0 Å². The van der Waals surface area contributed by atoms with Crippen molar-refractivity contribution in [3.05, 3.63) is 11.5 Å². The Morgan fingerprint density at radius 1 is 1.44 bits per heavy atom. The van der Waals surface area contributed by atoms with E-state index in [0.29, 0.717) is 11.9 Å². The smallest absolute Gasteiger partial charge is 0.158 e. The molecule has 0 aliphatic rings. The summed E-state index contributed by atoms with van der Waals surface area (Å²) in [6.07, 6.45) is 3.01. The van der Waals surface area contributed by atoms with Gasteiger partial charge in [-0.1, -0.05) is 6.92 Å². The summed E-state index contributed by atoms with van der Waals surface area (Å²) < 4.78 is 4.15. The first kappa shape index (κ1) is 13.7. The summed E-state index contributed by atoms with van der Waals surface area (Å²) in [7, 11) is 1.98. The number of nitrogens with zero attached hydrogens (tertiary/aromatic N) is 4. The first-order valence-corrected chi connectivity index (χ1v) is 8.04. The normalized spacial score (nSPS) is 13.4. The molecule has 4 nitrogen and oxygen atoms in total. The van der Waals surface area contributed by atoms with Crippen LogP contribution >= 0.6 is 23.4 Å². The van der Waals surface area contributed by atoms with Gasteiger partial charge in [0.25, 0.3) is 0 Å². The molecule has 2 heterocycles. The SMILES string of the molecule is CCc1nn(C)c2c1nc(CCl)n2C(C)CSC. The van der Waals surface area contributed by atoms with Crippen LogP contribution < -0.4 is 0 Å². The fraction of sp³-hybridized carbons (Fsp3) is 0.667. The van der Waals surface area contributed by atoms with Crippen molar-refractivity contribution in [2.45, 2.75) is 32.2 Å². The largest absolute Gasteiger partial charge is 0.308 e. The van der Waals surface area contributed by atoms with Gasteiger partial charge in [0.15, 0.2) is 5.65 Å². The van der Waals surface area contributed by atoms with Crippen LogP contribution in [0.3, 0.4) is 0 Å². The lowest BCUT2D eigenvalue weighted by atomic mass is 10.3. The lowest BCUT2D eigenvalue weighted by Crippen LogP contribution is -2.13. The summed E-state index contributed by atoms with van der Waals surface area (Å²) >= 11 is 7.87. The lowest BCUT2D eigenvalue weighted by Gasteiger charge is -2.15. The van der Waals surface area contributed by atoms with Crippen molar-refractivity contribution in [1.82, 2.24) is 19.3 Å². The van der Waals surface area contributed by atoms with E-state index in [1.807, 2.05) is 23.5 Å². The summed E-state index contributed by atoms with van der Waals surface area (Å²) in [5, 5.41) is 4.53. The third kappa shape index (κ3) is 2.14. The predicted molar refractivity (Wildman–Crippen MR) is 78.5 cm³/mol. The maximum absolute atomic E-state index is 6.03. The molecule has 0 saturated carbocycles. The molecule has 0 amide bonds. The predicted octanol–water partition coefficient (Wildman–Crippen LogP) is 3.00. The molecule has 2 aromatic rings. The molecule has 0 spiro atoms. The number of hydrogen-bond donors (Lipinski definition) is 0. The van der Waals surface area contributed by atoms with Crippen molar-refractivity contribution >= 4 is 34.5 Å². The third-order valence-corrected chi connectivity index (χ3v) is 4.17. The van der Waals surface area contributed by atoms with Gasteiger partial charge in [0.05, 0.1) is 11.6 Å². The van der Waals surface area contributed by atoms with Gasteiger partial charge in [-0.15, -0.1) is 11.6 Å². The Morgan fingerprint density at radius 3 is 2.72 bits per heavy atom. The van der Waals surface area contributed by atoms with E-state index in [-0.39, 0.29) is 0 Å². The van der Waals surface area contributed by atoms with Crippen LogP contribution in [0.4, 0.5) is 0 Å². The van der Waals surface area contributed by atoms with Crippen LogP contribution in [0.5, 0.6) is 0 Å². The maximum Gasteiger partial charge on any atom is 0.158 e. The molecule has 0 bridgehead atoms. The van der Waals surface area contributed by atoms with E-state index in [4.69, 9.17) is 11.6 Å². The molecule has 0 aromatic carbocycles. The fourth-order valence-corrected chi connectivity index (χ4v) is 3.18. The van der Waals surface area contributed by atoms with Gasteiger partial charge in [-0.3, -0.25) is 4.68 Å². The van der Waals surface area contributed by atoms with Crippen molar-refractivity contribution in [3.63, 3.8) is 0 Å². The van der Waals surface area contributed by atoms with Gasteiger partial charge in [-0.05, 0) is 19.6 Å². The second-order valence-corrected chi connectivity index (χ2v) is 5.61. The Bertz CT molecular complexity index is 546. The van der Waals surface area contributed by atoms with Gasteiger partial charge in [0.2, 0.25) is 0 Å². The van der Waals surface area contributed by atoms with E-state index >= 15 is 0 Å². The molecule has 2 aromatic heterocycles. The summed E-state index contributed by atoms with van der Waals surface area (Å²) in [4.78, 5) is 4.66. The fourth-order valence-electron chi connectivity index (χ4n) is 2.36. The highest BCUT2D eigenvalue weighted by molar-refractivity contribution is 7.98. The molecule has 2 rings (SSSR count). The Morgan fingerprint density at radius 2 is 2.17 bits per heavy atom. The van der Waals surface area contributed by atoms with E-state index in [9.17, 15) is 0 Å². The Hall–Kier alpha value is -0.680. The number of alkyl halides is 1. The van der Waals surface area contributed by atoms with Crippen LogP contribution in [-0.4, -0.2) is 31.3 Å². The van der Waals surface area contributed by atoms with Crippen molar-refractivity contribution in [2.75, 3.05) is 12.0 Å². The summed E-state index contributed by atoms with van der Waals surface area (Å²) in [5.74, 6) is 2.43. The molecule has 0 saturated heterocycles. The molecule has 1 atom stereocenters. The lowest BCUT2D eigenvalue weighted by molar-refractivity contribution is 0.584. The molecule has 1 unspecified atom stereocenters. The Balaban J connectivity index is 2.64. The van der Waals surface area contributed by atoms with Crippen LogP contribution in [0.25, 0.3) is 11.2 Å². The quantitative estimate of drug-likeness (QED) is 0.793. The van der Waals surface area contributed by atoms with Crippen LogP contribution in [0.15, 0.2) is 0 Å². The second kappa shape index (κ2) is 5.53. The highest BCUT2D eigenvalue weighted by Crippen LogP contribution is 2.26. The van der Waals surface area contributed by atoms with Crippen molar-refractivity contribution in [1.29, 1.82) is 0 Å². The van der Waals surface area contributed by atoms with Crippen molar-refractivity contribution < 1.29 is 0 Å². The minimum Gasteiger partial charge on any atom is -0.308 e. The van der Waals surface area contributed by atoms with Gasteiger partial charge in [0.1, 0.15) is 11.3 Å². The molecular formula is C12H19ClN4S. The molecule has 0 N–H and O–H groups in total. The molecule has 0 radical (unpaired) electrons. The second-order valence-electron chi connectivity index (χ2n) is 4.43. The van der Waals surface area contributed by atoms with E-state index in [2.05, 4.69) is 34.8 Å². The highest BCUT2D eigenvalue weighted by Gasteiger charge is 2.20. The number of imidazole rings is 1. The molecule has 0 aliphatic heterocycles. The minimum atomic E-state index is 0.374. The number of aryl methyl sites for hydroxylation is 2. The van der Waals surface area contributed by atoms with Crippen LogP contribution in [-0.2, 0) is 19.3 Å². The first-order chi connectivity index (χ1) is 8.63. The van der Waals surface area contributed by atoms with Gasteiger partial charge >= 0.3 is 0 Å². The number of rotatable bonds is 5. The average Bonchev–Trinajstić information content (AvgIpc) is 2.87. The molecule has 0 fully saturated rings. The summed E-state index contributed by atoms with van der Waals surface area (Å²) in [5.41, 5.74) is 3.14. The molecule has 100 valence electrons. The average molecular weight is 287 g/mol. The Kier molecular flexibility index (Phi) is 4.22. The summed E-state index contributed by atoms with van der Waals surface area (Å²) in [6, 6.07) is 0.374. The van der Waals surface area contributed by atoms with Crippen LogP contribution in [0.1, 0.15) is 31.4 Å². The summed E-state index contributed by atoms with van der Waals surface area (Å²) in [6.45, 7) is 4.30. The number of fused-ring (bicyclic) bond motifs is 1. The number of aromatic nitrogens is 4. The minimum absolute atomic E-state index is 0.374. The topological polar surface area (TPSA) is 35.6 Å². The third-order valence-electron chi connectivity index (χ3n) is 3.11. The first-order valence-electron chi connectivity index (χ1n) is 6.11. The van der Waals surface area contributed by atoms with E-state index in [0.717, 1.165) is 34.9 Å². The Labute approximate surface area is 117 Å².